The molecule has 0 unspecified atom stereocenters. The summed E-state index contributed by atoms with van der Waals surface area (Å²) in [5, 5.41) is 11.9. The molecule has 1 heterocycles. The van der Waals surface area contributed by atoms with Gasteiger partial charge in [0.15, 0.2) is 0 Å². The van der Waals surface area contributed by atoms with Crippen molar-refractivity contribution in [3.63, 3.8) is 0 Å². The monoisotopic (exact) mass is 388 g/mol. The average molecular weight is 390 g/mol. The molecule has 2 aromatic rings. The number of halogens is 3. The lowest BCUT2D eigenvalue weighted by Crippen LogP contribution is -2.16. The average Bonchev–Trinajstić information content (AvgIpc) is 2.42. The number of hydrogen-bond donors (Lipinski definition) is 2. The number of carbonyl (C=O) groups is 2. The molecule has 0 aliphatic heterocycles. The van der Waals surface area contributed by atoms with E-state index in [1.807, 2.05) is 0 Å². The molecule has 1 amide bonds. The lowest BCUT2D eigenvalue weighted by atomic mass is 10.2. The maximum Gasteiger partial charge on any atom is 0.354 e. The maximum atomic E-state index is 12.1. The second kappa shape index (κ2) is 6.43. The molecule has 0 aliphatic carbocycles. The van der Waals surface area contributed by atoms with Crippen molar-refractivity contribution in [1.82, 2.24) is 4.98 Å². The lowest BCUT2D eigenvalue weighted by molar-refractivity contribution is 0.0690. The first-order valence-corrected chi connectivity index (χ1v) is 7.09. The zero-order valence-corrected chi connectivity index (χ0v) is 13.3. The van der Waals surface area contributed by atoms with Gasteiger partial charge in [-0.3, -0.25) is 4.79 Å². The van der Waals surface area contributed by atoms with Crippen molar-refractivity contribution in [2.45, 2.75) is 0 Å². The largest absolute Gasteiger partial charge is 0.477 e. The third-order valence-electron chi connectivity index (χ3n) is 2.45. The first kappa shape index (κ1) is 15.8. The van der Waals surface area contributed by atoms with Crippen molar-refractivity contribution in [3.8, 4) is 0 Å². The Hall–Kier alpha value is -1.63. The molecule has 0 fully saturated rings. The Kier molecular flexibility index (Phi) is 4.82. The minimum Gasteiger partial charge on any atom is -0.477 e. The van der Waals surface area contributed by atoms with Crippen molar-refractivity contribution < 1.29 is 14.7 Å². The van der Waals surface area contributed by atoms with Crippen molar-refractivity contribution >= 4 is 56.7 Å². The molecular weight excluding hydrogens is 383 g/mol. The number of benzene rings is 1. The summed E-state index contributed by atoms with van der Waals surface area (Å²) in [6, 6.07) is 7.26. The number of hydrogen-bond acceptors (Lipinski definition) is 3. The van der Waals surface area contributed by atoms with Crippen LogP contribution in [0.4, 0.5) is 5.69 Å². The van der Waals surface area contributed by atoms with Gasteiger partial charge in [0.05, 0.1) is 15.7 Å². The summed E-state index contributed by atoms with van der Waals surface area (Å²) in [5.41, 5.74) is -0.0466. The van der Waals surface area contributed by atoms with Crippen LogP contribution in [0.15, 0.2) is 34.8 Å². The van der Waals surface area contributed by atoms with Gasteiger partial charge in [-0.1, -0.05) is 45.2 Å². The fraction of sp³-hybridized carbons (Fsp3) is 0. The second-order valence-corrected chi connectivity index (χ2v) is 5.64. The third-order valence-corrected chi connectivity index (χ3v) is 3.50. The number of rotatable bonds is 3. The predicted octanol–water partition coefficient (Wildman–Crippen LogP) is 4.10. The van der Waals surface area contributed by atoms with Crippen LogP contribution in [0.25, 0.3) is 0 Å². The first-order valence-electron chi connectivity index (χ1n) is 5.54. The molecule has 0 radical (unpaired) electrons. The summed E-state index contributed by atoms with van der Waals surface area (Å²) in [4.78, 5) is 26.7. The molecule has 21 heavy (non-hydrogen) atoms. The molecule has 1 aromatic heterocycles. The van der Waals surface area contributed by atoms with Crippen molar-refractivity contribution in [2.24, 2.45) is 0 Å². The maximum absolute atomic E-state index is 12.1. The molecule has 0 atom stereocenters. The normalized spacial score (nSPS) is 10.2. The highest BCUT2D eigenvalue weighted by Gasteiger charge is 2.15. The molecule has 2 N–H and O–H groups in total. The van der Waals surface area contributed by atoms with Crippen molar-refractivity contribution in [2.75, 3.05) is 5.32 Å². The molecule has 0 bridgehead atoms. The number of pyridine rings is 1. The van der Waals surface area contributed by atoms with Crippen LogP contribution in [-0.4, -0.2) is 22.0 Å². The van der Waals surface area contributed by atoms with Crippen LogP contribution >= 0.6 is 39.1 Å². The van der Waals surface area contributed by atoms with E-state index in [0.717, 1.165) is 0 Å². The zero-order chi connectivity index (χ0) is 15.6. The Labute approximate surface area is 138 Å². The number of aromatic carboxylic acids is 1. The Bertz CT molecular complexity index is 714. The highest BCUT2D eigenvalue weighted by Crippen LogP contribution is 2.33. The molecule has 0 aliphatic rings. The summed E-state index contributed by atoms with van der Waals surface area (Å²) in [6.07, 6.45) is 0. The number of carboxylic acid groups (broad SMARTS) is 1. The summed E-state index contributed by atoms with van der Waals surface area (Å²) < 4.78 is 0.668. The van der Waals surface area contributed by atoms with Crippen LogP contribution in [-0.2, 0) is 0 Å². The second-order valence-electron chi connectivity index (χ2n) is 3.91. The number of nitrogens with zero attached hydrogens (tertiary/aromatic N) is 1. The highest BCUT2D eigenvalue weighted by atomic mass is 79.9. The molecule has 108 valence electrons. The number of amides is 1. The molecule has 8 heteroatoms. The first-order chi connectivity index (χ1) is 9.88. The van der Waals surface area contributed by atoms with E-state index < -0.39 is 11.9 Å². The molecular formula is C13H7BrCl2N2O3. The van der Waals surface area contributed by atoms with Gasteiger partial charge in [-0.2, -0.15) is 0 Å². The molecule has 0 saturated heterocycles. The van der Waals surface area contributed by atoms with Gasteiger partial charge in [0.1, 0.15) is 11.4 Å². The summed E-state index contributed by atoms with van der Waals surface area (Å²) in [7, 11) is 0. The topological polar surface area (TPSA) is 79.3 Å². The van der Waals surface area contributed by atoms with Crippen LogP contribution in [0.1, 0.15) is 21.0 Å². The molecule has 0 spiro atoms. The molecule has 1 aromatic carbocycles. The van der Waals surface area contributed by atoms with Crippen LogP contribution in [0, 0.1) is 0 Å². The summed E-state index contributed by atoms with van der Waals surface area (Å²) >= 11 is 15.2. The molecule has 5 nitrogen and oxygen atoms in total. The molecule has 0 saturated carbocycles. The standard InChI is InChI=1S/C13H7BrCl2N2O3/c14-6-4-7(15)11(8(16)5-6)18-12(19)9-2-1-3-10(17-9)13(20)21/h1-5H,(H,18,19)(H,20,21). The van der Waals surface area contributed by atoms with E-state index in [0.29, 0.717) is 4.47 Å². The van der Waals surface area contributed by atoms with Gasteiger partial charge in [0.25, 0.3) is 5.91 Å². The quantitative estimate of drug-likeness (QED) is 0.828. The van der Waals surface area contributed by atoms with E-state index in [2.05, 4.69) is 26.2 Å². The van der Waals surface area contributed by atoms with Crippen molar-refractivity contribution in [3.05, 3.63) is 56.2 Å². The zero-order valence-electron chi connectivity index (χ0n) is 10.2. The number of carboxylic acids is 1. The van der Waals surface area contributed by atoms with E-state index in [-0.39, 0.29) is 27.1 Å². The van der Waals surface area contributed by atoms with Gasteiger partial charge in [-0.05, 0) is 24.3 Å². The van der Waals surface area contributed by atoms with E-state index >= 15 is 0 Å². The van der Waals surface area contributed by atoms with Gasteiger partial charge in [0, 0.05) is 4.47 Å². The Morgan fingerprint density at radius 3 is 2.29 bits per heavy atom. The fourth-order valence-electron chi connectivity index (χ4n) is 1.52. The number of carbonyl (C=O) groups excluding carboxylic acids is 1. The van der Waals surface area contributed by atoms with Crippen LogP contribution in [0.3, 0.4) is 0 Å². The lowest BCUT2D eigenvalue weighted by Gasteiger charge is -2.09. The SMILES string of the molecule is O=C(O)c1cccc(C(=O)Nc2c(Cl)cc(Br)cc2Cl)n1. The fourth-order valence-corrected chi connectivity index (χ4v) is 2.82. The minimum absolute atomic E-state index is 0.0510. The predicted molar refractivity (Wildman–Crippen MR) is 83.3 cm³/mol. The van der Waals surface area contributed by atoms with Crippen LogP contribution in [0.5, 0.6) is 0 Å². The highest BCUT2D eigenvalue weighted by molar-refractivity contribution is 9.10. The molecule has 2 rings (SSSR count). The van der Waals surface area contributed by atoms with Crippen LogP contribution in [0.2, 0.25) is 10.0 Å². The van der Waals surface area contributed by atoms with E-state index in [1.165, 1.54) is 18.2 Å². The summed E-state index contributed by atoms with van der Waals surface area (Å²) in [5.74, 6) is -1.83. The van der Waals surface area contributed by atoms with Crippen molar-refractivity contribution in [1.29, 1.82) is 0 Å². The van der Waals surface area contributed by atoms with Gasteiger partial charge >= 0.3 is 5.97 Å². The van der Waals surface area contributed by atoms with E-state index in [1.54, 1.807) is 12.1 Å². The van der Waals surface area contributed by atoms with E-state index in [9.17, 15) is 9.59 Å². The number of nitrogens with one attached hydrogen (secondary N) is 1. The third kappa shape index (κ3) is 3.72. The van der Waals surface area contributed by atoms with Gasteiger partial charge in [0.2, 0.25) is 0 Å². The minimum atomic E-state index is -1.22. The number of aromatic nitrogens is 1. The Balaban J connectivity index is 2.30. The van der Waals surface area contributed by atoms with Crippen LogP contribution < -0.4 is 5.32 Å². The van der Waals surface area contributed by atoms with Gasteiger partial charge in [-0.15, -0.1) is 0 Å². The summed E-state index contributed by atoms with van der Waals surface area (Å²) in [6.45, 7) is 0. The van der Waals surface area contributed by atoms with Gasteiger partial charge in [-0.25, -0.2) is 9.78 Å². The van der Waals surface area contributed by atoms with E-state index in [4.69, 9.17) is 28.3 Å². The number of anilines is 1. The Morgan fingerprint density at radius 2 is 1.71 bits per heavy atom. The Morgan fingerprint density at radius 1 is 1.14 bits per heavy atom. The smallest absolute Gasteiger partial charge is 0.354 e. The van der Waals surface area contributed by atoms with Gasteiger partial charge < -0.3 is 10.4 Å².